The zero-order chi connectivity index (χ0) is 15.9. The van der Waals surface area contributed by atoms with Crippen molar-refractivity contribution in [3.63, 3.8) is 0 Å². The van der Waals surface area contributed by atoms with Crippen molar-refractivity contribution < 1.29 is 14.3 Å². The number of nitrogens with one attached hydrogen (secondary N) is 1. The van der Waals surface area contributed by atoms with Crippen LogP contribution in [0.1, 0.15) is 12.5 Å². The van der Waals surface area contributed by atoms with E-state index < -0.39 is 6.10 Å². The number of methoxy groups -OCH3 is 1. The minimum atomic E-state index is -0.597. The minimum absolute atomic E-state index is 0.182. The van der Waals surface area contributed by atoms with Crippen LogP contribution in [0.5, 0.6) is 11.5 Å². The van der Waals surface area contributed by atoms with Gasteiger partial charge in [-0.3, -0.25) is 4.79 Å². The predicted molar refractivity (Wildman–Crippen MR) is 85.8 cm³/mol. The third kappa shape index (κ3) is 4.41. The number of hydrogen-bond donors (Lipinski definition) is 2. The lowest BCUT2D eigenvalue weighted by Crippen LogP contribution is -2.35. The van der Waals surface area contributed by atoms with Crippen LogP contribution in [0.15, 0.2) is 48.5 Å². The summed E-state index contributed by atoms with van der Waals surface area (Å²) < 4.78 is 10.7. The summed E-state index contributed by atoms with van der Waals surface area (Å²) in [4.78, 5) is 12.0. The molecule has 0 radical (unpaired) electrons. The summed E-state index contributed by atoms with van der Waals surface area (Å²) in [5.74, 6) is 1.18. The van der Waals surface area contributed by atoms with Gasteiger partial charge in [-0.2, -0.15) is 0 Å². The van der Waals surface area contributed by atoms with Crippen molar-refractivity contribution >= 4 is 11.6 Å². The van der Waals surface area contributed by atoms with Gasteiger partial charge in [0.2, 0.25) is 0 Å². The van der Waals surface area contributed by atoms with Gasteiger partial charge in [-0.1, -0.05) is 18.2 Å². The van der Waals surface area contributed by atoms with Crippen molar-refractivity contribution in [3.8, 4) is 11.5 Å². The van der Waals surface area contributed by atoms with Crippen LogP contribution in [0, 0.1) is 0 Å². The molecule has 1 unspecified atom stereocenters. The first-order valence-corrected chi connectivity index (χ1v) is 7.01. The van der Waals surface area contributed by atoms with Gasteiger partial charge in [0.25, 0.3) is 5.91 Å². The first-order valence-electron chi connectivity index (χ1n) is 7.01. The fourth-order valence-corrected chi connectivity index (χ4v) is 1.92. The molecule has 5 heteroatoms. The Morgan fingerprint density at radius 2 is 1.91 bits per heavy atom. The average Bonchev–Trinajstić information content (AvgIpc) is 2.53. The molecule has 0 heterocycles. The maximum absolute atomic E-state index is 12.0. The average molecular weight is 300 g/mol. The van der Waals surface area contributed by atoms with Gasteiger partial charge in [-0.05, 0) is 36.8 Å². The van der Waals surface area contributed by atoms with Crippen LogP contribution in [0.4, 0.5) is 5.69 Å². The number of carbonyl (C=O) groups is 1. The minimum Gasteiger partial charge on any atom is -0.497 e. The zero-order valence-electron chi connectivity index (χ0n) is 12.7. The van der Waals surface area contributed by atoms with E-state index in [1.54, 1.807) is 38.3 Å². The van der Waals surface area contributed by atoms with Crippen LogP contribution >= 0.6 is 0 Å². The lowest BCUT2D eigenvalue weighted by atomic mass is 10.2. The third-order valence-electron chi connectivity index (χ3n) is 3.17. The van der Waals surface area contributed by atoms with E-state index in [0.29, 0.717) is 18.0 Å². The van der Waals surface area contributed by atoms with Gasteiger partial charge in [0.05, 0.1) is 7.11 Å². The van der Waals surface area contributed by atoms with E-state index in [0.717, 1.165) is 11.3 Å². The quantitative estimate of drug-likeness (QED) is 0.803. The summed E-state index contributed by atoms with van der Waals surface area (Å²) >= 11 is 0. The van der Waals surface area contributed by atoms with Crippen molar-refractivity contribution in [2.75, 3.05) is 12.8 Å². The molecule has 3 N–H and O–H groups in total. The Bertz CT molecular complexity index is 626. The number of nitrogen functional groups attached to an aromatic ring is 1. The maximum Gasteiger partial charge on any atom is 0.261 e. The second-order valence-electron chi connectivity index (χ2n) is 4.90. The second-order valence-corrected chi connectivity index (χ2v) is 4.90. The predicted octanol–water partition coefficient (Wildman–Crippen LogP) is 2.36. The number of hydrogen-bond acceptors (Lipinski definition) is 4. The van der Waals surface area contributed by atoms with Crippen molar-refractivity contribution in [2.45, 2.75) is 19.6 Å². The van der Waals surface area contributed by atoms with Crippen molar-refractivity contribution in [1.29, 1.82) is 0 Å². The van der Waals surface area contributed by atoms with E-state index in [-0.39, 0.29) is 5.91 Å². The monoisotopic (exact) mass is 300 g/mol. The Hall–Kier alpha value is -2.69. The largest absolute Gasteiger partial charge is 0.497 e. The molecule has 2 aromatic carbocycles. The highest BCUT2D eigenvalue weighted by Gasteiger charge is 2.14. The Labute approximate surface area is 130 Å². The van der Waals surface area contributed by atoms with Gasteiger partial charge in [-0.25, -0.2) is 0 Å². The molecule has 0 aliphatic heterocycles. The molecular weight excluding hydrogens is 280 g/mol. The number of rotatable bonds is 6. The number of benzene rings is 2. The highest BCUT2D eigenvalue weighted by atomic mass is 16.5. The van der Waals surface area contributed by atoms with Crippen LogP contribution in [-0.4, -0.2) is 19.1 Å². The summed E-state index contributed by atoms with van der Waals surface area (Å²) in [6.45, 7) is 2.14. The molecule has 1 amide bonds. The summed E-state index contributed by atoms with van der Waals surface area (Å²) in [5, 5.41) is 2.84. The molecule has 0 saturated carbocycles. The molecule has 0 aliphatic rings. The van der Waals surface area contributed by atoms with Gasteiger partial charge in [0.15, 0.2) is 6.10 Å². The highest BCUT2D eigenvalue weighted by molar-refractivity contribution is 5.80. The van der Waals surface area contributed by atoms with Gasteiger partial charge in [0.1, 0.15) is 11.5 Å². The highest BCUT2D eigenvalue weighted by Crippen LogP contribution is 2.16. The molecule has 0 spiro atoms. The van der Waals surface area contributed by atoms with Crippen LogP contribution in [0.25, 0.3) is 0 Å². The smallest absolute Gasteiger partial charge is 0.261 e. The molecule has 0 bridgehead atoms. The normalized spacial score (nSPS) is 11.5. The molecular formula is C17H20N2O3. The molecule has 1 atom stereocenters. The Kier molecular flexibility index (Phi) is 5.25. The summed E-state index contributed by atoms with van der Waals surface area (Å²) in [6, 6.07) is 14.5. The van der Waals surface area contributed by atoms with Gasteiger partial charge >= 0.3 is 0 Å². The second kappa shape index (κ2) is 7.36. The maximum atomic E-state index is 12.0. The number of anilines is 1. The summed E-state index contributed by atoms with van der Waals surface area (Å²) in [6.07, 6.45) is -0.597. The molecule has 0 fully saturated rings. The van der Waals surface area contributed by atoms with Crippen LogP contribution in [0.2, 0.25) is 0 Å². The fraction of sp³-hybridized carbons (Fsp3) is 0.235. The van der Waals surface area contributed by atoms with Crippen molar-refractivity contribution in [2.24, 2.45) is 0 Å². The zero-order valence-corrected chi connectivity index (χ0v) is 12.7. The number of carbonyl (C=O) groups excluding carboxylic acids is 1. The molecule has 2 aromatic rings. The Balaban J connectivity index is 1.85. The summed E-state index contributed by atoms with van der Waals surface area (Å²) in [5.41, 5.74) is 7.27. The van der Waals surface area contributed by atoms with Crippen molar-refractivity contribution in [3.05, 3.63) is 54.1 Å². The topological polar surface area (TPSA) is 73.6 Å². The number of amides is 1. The molecule has 0 aliphatic carbocycles. The van der Waals surface area contributed by atoms with Crippen LogP contribution in [-0.2, 0) is 11.3 Å². The standard InChI is InChI=1S/C17H20N2O3/c1-12(22-16-5-3-4-14(18)10-16)17(20)19-11-13-6-8-15(21-2)9-7-13/h3-10,12H,11,18H2,1-2H3,(H,19,20). The molecule has 0 aromatic heterocycles. The first kappa shape index (κ1) is 15.7. The number of ether oxygens (including phenoxy) is 2. The van der Waals surface area contributed by atoms with Gasteiger partial charge in [-0.15, -0.1) is 0 Å². The lowest BCUT2D eigenvalue weighted by Gasteiger charge is -2.15. The first-order chi connectivity index (χ1) is 10.6. The third-order valence-corrected chi connectivity index (χ3v) is 3.17. The van der Waals surface area contributed by atoms with E-state index in [1.807, 2.05) is 24.3 Å². The Morgan fingerprint density at radius 1 is 1.18 bits per heavy atom. The number of nitrogens with two attached hydrogens (primary N) is 1. The van der Waals surface area contributed by atoms with Gasteiger partial charge < -0.3 is 20.5 Å². The van der Waals surface area contributed by atoms with E-state index >= 15 is 0 Å². The summed E-state index contributed by atoms with van der Waals surface area (Å²) in [7, 11) is 1.62. The van der Waals surface area contributed by atoms with Gasteiger partial charge in [0, 0.05) is 18.3 Å². The SMILES string of the molecule is COc1ccc(CNC(=O)C(C)Oc2cccc(N)c2)cc1. The lowest BCUT2D eigenvalue weighted by molar-refractivity contribution is -0.127. The van der Waals surface area contributed by atoms with Crippen LogP contribution < -0.4 is 20.5 Å². The van der Waals surface area contributed by atoms with E-state index in [9.17, 15) is 4.79 Å². The fourth-order valence-electron chi connectivity index (χ4n) is 1.92. The Morgan fingerprint density at radius 3 is 2.55 bits per heavy atom. The molecule has 2 rings (SSSR count). The molecule has 5 nitrogen and oxygen atoms in total. The van der Waals surface area contributed by atoms with E-state index in [4.69, 9.17) is 15.2 Å². The molecule has 22 heavy (non-hydrogen) atoms. The molecule has 116 valence electrons. The van der Waals surface area contributed by atoms with Crippen molar-refractivity contribution in [1.82, 2.24) is 5.32 Å². The van der Waals surface area contributed by atoms with E-state index in [2.05, 4.69) is 5.32 Å². The van der Waals surface area contributed by atoms with E-state index in [1.165, 1.54) is 0 Å². The molecule has 0 saturated heterocycles. The van der Waals surface area contributed by atoms with Crippen LogP contribution in [0.3, 0.4) is 0 Å².